The lowest BCUT2D eigenvalue weighted by Gasteiger charge is -2.24. The highest BCUT2D eigenvalue weighted by atomic mass is 16.1. The molecule has 0 aromatic heterocycles. The van der Waals surface area contributed by atoms with Gasteiger partial charge in [0.2, 0.25) is 5.91 Å². The highest BCUT2D eigenvalue weighted by Gasteiger charge is 2.35. The Balaban J connectivity index is 1.63. The van der Waals surface area contributed by atoms with Crippen LogP contribution in [-0.2, 0) is 4.79 Å². The van der Waals surface area contributed by atoms with Crippen LogP contribution in [0.5, 0.6) is 0 Å². The first-order valence-electron chi connectivity index (χ1n) is 4.80. The van der Waals surface area contributed by atoms with Gasteiger partial charge >= 0.3 is 0 Å². The standard InChI is InChI=1S/C9H16N2O/c10-7-5-8(7)11-9(12)4-6-2-1-3-6/h6-8H,1-5,10H2,(H,11,12). The molecule has 2 rings (SSSR count). The van der Waals surface area contributed by atoms with Crippen molar-refractivity contribution in [1.29, 1.82) is 0 Å². The highest BCUT2D eigenvalue weighted by molar-refractivity contribution is 5.77. The predicted molar refractivity (Wildman–Crippen MR) is 46.5 cm³/mol. The molecule has 2 aliphatic carbocycles. The summed E-state index contributed by atoms with van der Waals surface area (Å²) >= 11 is 0. The summed E-state index contributed by atoms with van der Waals surface area (Å²) in [6, 6.07) is 0.521. The van der Waals surface area contributed by atoms with Crippen molar-refractivity contribution >= 4 is 5.91 Å². The molecule has 12 heavy (non-hydrogen) atoms. The van der Waals surface area contributed by atoms with E-state index >= 15 is 0 Å². The third kappa shape index (κ3) is 1.78. The predicted octanol–water partition coefficient (Wildman–Crippen LogP) is 0.392. The summed E-state index contributed by atoms with van der Waals surface area (Å²) in [5.41, 5.74) is 5.58. The zero-order chi connectivity index (χ0) is 8.55. The fraction of sp³-hybridized carbons (Fsp3) is 0.889. The third-order valence-electron chi connectivity index (χ3n) is 2.88. The molecule has 2 saturated carbocycles. The number of hydrogen-bond donors (Lipinski definition) is 2. The second kappa shape index (κ2) is 3.05. The first-order valence-corrected chi connectivity index (χ1v) is 4.80. The number of nitrogens with one attached hydrogen (secondary N) is 1. The number of amides is 1. The molecule has 2 aliphatic rings. The quantitative estimate of drug-likeness (QED) is 0.640. The normalized spacial score (nSPS) is 34.1. The van der Waals surface area contributed by atoms with Gasteiger partial charge in [0.1, 0.15) is 0 Å². The molecule has 68 valence electrons. The van der Waals surface area contributed by atoms with E-state index < -0.39 is 0 Å². The fourth-order valence-electron chi connectivity index (χ4n) is 1.61. The summed E-state index contributed by atoms with van der Waals surface area (Å²) in [4.78, 5) is 11.3. The SMILES string of the molecule is NC1CC1NC(=O)CC1CCC1. The van der Waals surface area contributed by atoms with Crippen molar-refractivity contribution in [1.82, 2.24) is 5.32 Å². The first-order chi connectivity index (χ1) is 5.75. The van der Waals surface area contributed by atoms with Crippen molar-refractivity contribution in [2.45, 2.75) is 44.2 Å². The van der Waals surface area contributed by atoms with Crippen LogP contribution < -0.4 is 11.1 Å². The summed E-state index contributed by atoms with van der Waals surface area (Å²) in [7, 11) is 0. The minimum Gasteiger partial charge on any atom is -0.352 e. The Labute approximate surface area is 72.7 Å². The molecule has 0 aromatic rings. The van der Waals surface area contributed by atoms with Gasteiger partial charge in [0.25, 0.3) is 0 Å². The molecule has 0 spiro atoms. The Morgan fingerprint density at radius 3 is 2.58 bits per heavy atom. The molecule has 1 amide bonds. The van der Waals surface area contributed by atoms with Crippen LogP contribution in [0.15, 0.2) is 0 Å². The van der Waals surface area contributed by atoms with Crippen LogP contribution in [-0.4, -0.2) is 18.0 Å². The summed E-state index contributed by atoms with van der Waals surface area (Å²) in [6.45, 7) is 0. The number of carbonyl (C=O) groups is 1. The number of hydrogen-bond acceptors (Lipinski definition) is 2. The van der Waals surface area contributed by atoms with Gasteiger partial charge in [-0.15, -0.1) is 0 Å². The Morgan fingerprint density at radius 1 is 1.50 bits per heavy atom. The van der Waals surface area contributed by atoms with Crippen LogP contribution in [0.25, 0.3) is 0 Å². The van der Waals surface area contributed by atoms with Crippen molar-refractivity contribution < 1.29 is 4.79 Å². The maximum absolute atomic E-state index is 11.3. The lowest BCUT2D eigenvalue weighted by molar-refractivity contribution is -0.122. The fourth-order valence-corrected chi connectivity index (χ4v) is 1.61. The van der Waals surface area contributed by atoms with E-state index in [-0.39, 0.29) is 18.0 Å². The van der Waals surface area contributed by atoms with Crippen molar-refractivity contribution in [2.75, 3.05) is 0 Å². The van der Waals surface area contributed by atoms with Crippen LogP contribution >= 0.6 is 0 Å². The van der Waals surface area contributed by atoms with E-state index in [1.54, 1.807) is 0 Å². The van der Waals surface area contributed by atoms with Gasteiger partial charge in [-0.2, -0.15) is 0 Å². The lowest BCUT2D eigenvalue weighted by Crippen LogP contribution is -2.32. The monoisotopic (exact) mass is 168 g/mol. The molecule has 3 nitrogen and oxygen atoms in total. The lowest BCUT2D eigenvalue weighted by atomic mass is 9.83. The van der Waals surface area contributed by atoms with Gasteiger partial charge in [0.15, 0.2) is 0 Å². The van der Waals surface area contributed by atoms with Gasteiger partial charge in [-0.1, -0.05) is 6.42 Å². The Hall–Kier alpha value is -0.570. The number of rotatable bonds is 3. The average molecular weight is 168 g/mol. The van der Waals surface area contributed by atoms with E-state index in [4.69, 9.17) is 5.73 Å². The van der Waals surface area contributed by atoms with Gasteiger partial charge < -0.3 is 11.1 Å². The van der Waals surface area contributed by atoms with Gasteiger partial charge in [0, 0.05) is 18.5 Å². The van der Waals surface area contributed by atoms with Gasteiger partial charge in [-0.05, 0) is 25.2 Å². The van der Waals surface area contributed by atoms with E-state index in [1.807, 2.05) is 0 Å². The van der Waals surface area contributed by atoms with Crippen LogP contribution in [0, 0.1) is 5.92 Å². The summed E-state index contributed by atoms with van der Waals surface area (Å²) in [5, 5.41) is 2.94. The van der Waals surface area contributed by atoms with Gasteiger partial charge in [-0.3, -0.25) is 4.79 Å². The zero-order valence-corrected chi connectivity index (χ0v) is 7.25. The molecule has 3 N–H and O–H groups in total. The Kier molecular flexibility index (Phi) is 2.05. The molecule has 2 atom stereocenters. The van der Waals surface area contributed by atoms with Crippen LogP contribution in [0.1, 0.15) is 32.1 Å². The van der Waals surface area contributed by atoms with Crippen molar-refractivity contribution in [3.63, 3.8) is 0 Å². The summed E-state index contributed by atoms with van der Waals surface area (Å²) in [6.07, 6.45) is 5.48. The van der Waals surface area contributed by atoms with E-state index in [0.29, 0.717) is 5.92 Å². The number of nitrogens with two attached hydrogens (primary N) is 1. The van der Waals surface area contributed by atoms with Crippen molar-refractivity contribution in [2.24, 2.45) is 11.7 Å². The molecule has 0 radical (unpaired) electrons. The maximum Gasteiger partial charge on any atom is 0.220 e. The van der Waals surface area contributed by atoms with E-state index in [1.165, 1.54) is 19.3 Å². The maximum atomic E-state index is 11.3. The molecule has 0 bridgehead atoms. The summed E-state index contributed by atoms with van der Waals surface area (Å²) < 4.78 is 0. The topological polar surface area (TPSA) is 55.1 Å². The molecule has 0 aliphatic heterocycles. The molecule has 0 heterocycles. The minimum absolute atomic E-state index is 0.206. The molecule has 0 saturated heterocycles. The second-order valence-electron chi connectivity index (χ2n) is 4.07. The number of carbonyl (C=O) groups excluding carboxylic acids is 1. The molecular weight excluding hydrogens is 152 g/mol. The molecule has 2 fully saturated rings. The highest BCUT2D eigenvalue weighted by Crippen LogP contribution is 2.29. The Morgan fingerprint density at radius 2 is 2.17 bits per heavy atom. The van der Waals surface area contributed by atoms with Crippen molar-refractivity contribution in [3.8, 4) is 0 Å². The van der Waals surface area contributed by atoms with Crippen LogP contribution in [0.2, 0.25) is 0 Å². The van der Waals surface area contributed by atoms with Gasteiger partial charge in [-0.25, -0.2) is 0 Å². The van der Waals surface area contributed by atoms with E-state index in [2.05, 4.69) is 5.32 Å². The molecular formula is C9H16N2O. The molecule has 2 unspecified atom stereocenters. The first kappa shape index (κ1) is 8.05. The van der Waals surface area contributed by atoms with Crippen molar-refractivity contribution in [3.05, 3.63) is 0 Å². The largest absolute Gasteiger partial charge is 0.352 e. The van der Waals surface area contributed by atoms with Crippen LogP contribution in [0.4, 0.5) is 0 Å². The van der Waals surface area contributed by atoms with Gasteiger partial charge in [0.05, 0.1) is 0 Å². The summed E-state index contributed by atoms with van der Waals surface area (Å²) in [5.74, 6) is 0.873. The zero-order valence-electron chi connectivity index (χ0n) is 7.25. The minimum atomic E-state index is 0.206. The van der Waals surface area contributed by atoms with E-state index in [9.17, 15) is 4.79 Å². The third-order valence-corrected chi connectivity index (χ3v) is 2.88. The molecule has 3 heteroatoms. The smallest absolute Gasteiger partial charge is 0.220 e. The van der Waals surface area contributed by atoms with E-state index in [0.717, 1.165) is 12.8 Å². The molecule has 0 aromatic carbocycles. The average Bonchev–Trinajstić information content (AvgIpc) is 2.58. The van der Waals surface area contributed by atoms with Crippen LogP contribution in [0.3, 0.4) is 0 Å². The second-order valence-corrected chi connectivity index (χ2v) is 4.07. The Bertz CT molecular complexity index is 180.